The molecule has 0 aliphatic rings. The normalized spacial score (nSPS) is 12.7. The standard InChI is InChI=1S/C23H25N3O3/c1-16(26-23(27)22(24)18-6-4-3-5-7-18)19-8-9-20(21(14-19)28-2)29-15-17-10-12-25-13-11-17/h3-14,16,22H,15,24H2,1-2H3,(H,26,27)/t16-,22-/m0/s1. The Labute approximate surface area is 170 Å². The van der Waals surface area contributed by atoms with E-state index in [0.29, 0.717) is 18.1 Å². The zero-order valence-electron chi connectivity index (χ0n) is 16.5. The number of benzene rings is 2. The second-order valence-corrected chi connectivity index (χ2v) is 6.67. The first-order chi connectivity index (χ1) is 14.1. The van der Waals surface area contributed by atoms with Crippen LogP contribution in [-0.4, -0.2) is 18.0 Å². The lowest BCUT2D eigenvalue weighted by molar-refractivity contribution is -0.123. The van der Waals surface area contributed by atoms with Crippen LogP contribution in [0.1, 0.15) is 35.7 Å². The summed E-state index contributed by atoms with van der Waals surface area (Å²) in [7, 11) is 1.59. The van der Waals surface area contributed by atoms with E-state index < -0.39 is 6.04 Å². The second kappa shape index (κ2) is 9.71. The van der Waals surface area contributed by atoms with E-state index in [0.717, 1.165) is 16.7 Å². The summed E-state index contributed by atoms with van der Waals surface area (Å²) >= 11 is 0. The van der Waals surface area contributed by atoms with Gasteiger partial charge < -0.3 is 20.5 Å². The van der Waals surface area contributed by atoms with Crippen molar-refractivity contribution in [2.24, 2.45) is 5.73 Å². The molecule has 1 heterocycles. The molecule has 6 nitrogen and oxygen atoms in total. The van der Waals surface area contributed by atoms with Crippen molar-refractivity contribution in [1.29, 1.82) is 0 Å². The van der Waals surface area contributed by atoms with Crippen molar-refractivity contribution in [1.82, 2.24) is 10.3 Å². The summed E-state index contributed by atoms with van der Waals surface area (Å²) in [6.07, 6.45) is 3.45. The second-order valence-electron chi connectivity index (χ2n) is 6.67. The van der Waals surface area contributed by atoms with Crippen LogP contribution in [0.4, 0.5) is 0 Å². The van der Waals surface area contributed by atoms with Crippen molar-refractivity contribution in [3.05, 3.63) is 89.7 Å². The molecule has 6 heteroatoms. The van der Waals surface area contributed by atoms with E-state index in [4.69, 9.17) is 15.2 Å². The minimum atomic E-state index is -0.719. The summed E-state index contributed by atoms with van der Waals surface area (Å²) in [5.74, 6) is 0.998. The minimum Gasteiger partial charge on any atom is -0.493 e. The third-order valence-electron chi connectivity index (χ3n) is 4.63. The largest absolute Gasteiger partial charge is 0.493 e. The number of nitrogens with one attached hydrogen (secondary N) is 1. The van der Waals surface area contributed by atoms with Crippen LogP contribution in [0.25, 0.3) is 0 Å². The highest BCUT2D eigenvalue weighted by Crippen LogP contribution is 2.31. The number of ether oxygens (including phenoxy) is 2. The molecule has 0 unspecified atom stereocenters. The molecule has 0 spiro atoms. The number of hydrogen-bond donors (Lipinski definition) is 2. The molecule has 0 aliphatic heterocycles. The van der Waals surface area contributed by atoms with Crippen LogP contribution in [0.5, 0.6) is 11.5 Å². The SMILES string of the molecule is COc1cc([C@H](C)NC(=O)[C@@H](N)c2ccccc2)ccc1OCc1ccncc1. The summed E-state index contributed by atoms with van der Waals surface area (Å²) in [5, 5.41) is 2.96. The van der Waals surface area contributed by atoms with E-state index in [1.807, 2.05) is 67.6 Å². The molecule has 3 rings (SSSR count). The molecule has 2 aromatic carbocycles. The van der Waals surface area contributed by atoms with Crippen LogP contribution in [0.3, 0.4) is 0 Å². The number of amides is 1. The van der Waals surface area contributed by atoms with Gasteiger partial charge in [0.1, 0.15) is 12.6 Å². The Kier molecular flexibility index (Phi) is 6.81. The van der Waals surface area contributed by atoms with Crippen LogP contribution in [0.2, 0.25) is 0 Å². The molecular formula is C23H25N3O3. The third kappa shape index (κ3) is 5.33. The predicted molar refractivity (Wildman–Crippen MR) is 111 cm³/mol. The summed E-state index contributed by atoms with van der Waals surface area (Å²) < 4.78 is 11.3. The van der Waals surface area contributed by atoms with E-state index in [9.17, 15) is 4.79 Å². The predicted octanol–water partition coefficient (Wildman–Crippen LogP) is 3.55. The van der Waals surface area contributed by atoms with Gasteiger partial charge in [0.05, 0.1) is 13.2 Å². The Bertz CT molecular complexity index is 933. The van der Waals surface area contributed by atoms with Crippen molar-refractivity contribution in [3.63, 3.8) is 0 Å². The summed E-state index contributed by atoms with van der Waals surface area (Å²) in [5.41, 5.74) is 8.76. The third-order valence-corrected chi connectivity index (χ3v) is 4.63. The number of rotatable bonds is 8. The van der Waals surface area contributed by atoms with E-state index in [1.165, 1.54) is 0 Å². The average molecular weight is 391 g/mol. The fourth-order valence-electron chi connectivity index (χ4n) is 2.91. The summed E-state index contributed by atoms with van der Waals surface area (Å²) in [6.45, 7) is 2.32. The highest BCUT2D eigenvalue weighted by molar-refractivity contribution is 5.83. The van der Waals surface area contributed by atoms with Gasteiger partial charge >= 0.3 is 0 Å². The number of nitrogens with zero attached hydrogens (tertiary/aromatic N) is 1. The molecule has 1 aromatic heterocycles. The Morgan fingerprint density at radius 1 is 1.03 bits per heavy atom. The van der Waals surface area contributed by atoms with Gasteiger partial charge in [-0.05, 0) is 47.9 Å². The maximum Gasteiger partial charge on any atom is 0.241 e. The van der Waals surface area contributed by atoms with E-state index in [2.05, 4.69) is 10.3 Å². The zero-order valence-corrected chi connectivity index (χ0v) is 16.5. The summed E-state index contributed by atoms with van der Waals surface area (Å²) in [4.78, 5) is 16.5. The van der Waals surface area contributed by atoms with Gasteiger partial charge in [-0.25, -0.2) is 0 Å². The summed E-state index contributed by atoms with van der Waals surface area (Å²) in [6, 6.07) is 17.7. The molecule has 0 bridgehead atoms. The zero-order chi connectivity index (χ0) is 20.6. The van der Waals surface area contributed by atoms with E-state index in [1.54, 1.807) is 19.5 Å². The molecule has 3 aromatic rings. The van der Waals surface area contributed by atoms with Gasteiger partial charge in [-0.15, -0.1) is 0 Å². The maximum absolute atomic E-state index is 12.5. The molecule has 0 saturated heterocycles. The number of carbonyl (C=O) groups is 1. The number of aromatic nitrogens is 1. The smallest absolute Gasteiger partial charge is 0.241 e. The van der Waals surface area contributed by atoms with Gasteiger partial charge in [-0.2, -0.15) is 0 Å². The molecule has 2 atom stereocenters. The monoisotopic (exact) mass is 391 g/mol. The van der Waals surface area contributed by atoms with Crippen molar-refractivity contribution >= 4 is 5.91 Å². The molecule has 3 N–H and O–H groups in total. The Morgan fingerprint density at radius 2 is 1.76 bits per heavy atom. The first kappa shape index (κ1) is 20.4. The fraction of sp³-hybridized carbons (Fsp3) is 0.217. The van der Waals surface area contributed by atoms with Gasteiger partial charge in [0, 0.05) is 12.4 Å². The van der Waals surface area contributed by atoms with Gasteiger partial charge in [0.15, 0.2) is 11.5 Å². The van der Waals surface area contributed by atoms with E-state index >= 15 is 0 Å². The number of methoxy groups -OCH3 is 1. The van der Waals surface area contributed by atoms with Gasteiger partial charge in [-0.1, -0.05) is 36.4 Å². The lowest BCUT2D eigenvalue weighted by atomic mass is 10.0. The lowest BCUT2D eigenvalue weighted by Gasteiger charge is -2.19. The van der Waals surface area contributed by atoms with Crippen LogP contribution in [0.15, 0.2) is 73.1 Å². The molecule has 29 heavy (non-hydrogen) atoms. The molecule has 0 saturated carbocycles. The Hall–Kier alpha value is -3.38. The van der Waals surface area contributed by atoms with Crippen LogP contribution in [-0.2, 0) is 11.4 Å². The molecule has 0 radical (unpaired) electrons. The van der Waals surface area contributed by atoms with Crippen molar-refractivity contribution in [2.75, 3.05) is 7.11 Å². The van der Waals surface area contributed by atoms with Gasteiger partial charge in [0.25, 0.3) is 0 Å². The number of nitrogens with two attached hydrogens (primary N) is 1. The topological polar surface area (TPSA) is 86.5 Å². The van der Waals surface area contributed by atoms with E-state index in [-0.39, 0.29) is 11.9 Å². The maximum atomic E-state index is 12.5. The number of hydrogen-bond acceptors (Lipinski definition) is 5. The highest BCUT2D eigenvalue weighted by atomic mass is 16.5. The Balaban J connectivity index is 1.66. The van der Waals surface area contributed by atoms with Crippen LogP contribution < -0.4 is 20.5 Å². The van der Waals surface area contributed by atoms with Crippen LogP contribution in [0, 0.1) is 0 Å². The lowest BCUT2D eigenvalue weighted by Crippen LogP contribution is -2.35. The molecule has 150 valence electrons. The molecule has 1 amide bonds. The first-order valence-electron chi connectivity index (χ1n) is 9.39. The Morgan fingerprint density at radius 3 is 2.45 bits per heavy atom. The van der Waals surface area contributed by atoms with Gasteiger partial charge in [0.2, 0.25) is 5.91 Å². The number of pyridine rings is 1. The number of carbonyl (C=O) groups excluding carboxylic acids is 1. The fourth-order valence-corrected chi connectivity index (χ4v) is 2.91. The minimum absolute atomic E-state index is 0.235. The van der Waals surface area contributed by atoms with Crippen molar-refractivity contribution in [3.8, 4) is 11.5 Å². The van der Waals surface area contributed by atoms with Crippen molar-refractivity contribution in [2.45, 2.75) is 25.6 Å². The molecular weight excluding hydrogens is 366 g/mol. The average Bonchev–Trinajstić information content (AvgIpc) is 2.78. The molecule has 0 fully saturated rings. The highest BCUT2D eigenvalue weighted by Gasteiger charge is 2.19. The molecule has 0 aliphatic carbocycles. The van der Waals surface area contributed by atoms with Gasteiger partial charge in [-0.3, -0.25) is 9.78 Å². The van der Waals surface area contributed by atoms with Crippen LogP contribution >= 0.6 is 0 Å². The quantitative estimate of drug-likeness (QED) is 0.613. The van der Waals surface area contributed by atoms with Crippen molar-refractivity contribution < 1.29 is 14.3 Å². The first-order valence-corrected chi connectivity index (χ1v) is 9.39.